The Morgan fingerprint density at radius 3 is 1.74 bits per heavy atom. The zero-order valence-corrected chi connectivity index (χ0v) is 22.1. The summed E-state index contributed by atoms with van der Waals surface area (Å²) < 4.78 is 5.68. The fraction of sp³-hybridized carbons (Fsp3) is 0.963. The minimum absolute atomic E-state index is 0. The molecule has 0 radical (unpaired) electrons. The molecule has 186 valence electrons. The maximum Gasteiger partial charge on any atom is 0.222 e. The molecule has 0 N–H and O–H groups in total. The number of carbonyl (C=O) groups excluding carboxylic acids is 1. The van der Waals surface area contributed by atoms with Crippen molar-refractivity contribution in [3.63, 3.8) is 0 Å². The second-order valence-electron chi connectivity index (χ2n) is 12.9. The summed E-state index contributed by atoms with van der Waals surface area (Å²) in [5.41, 5.74) is 0.812. The number of carbonyl (C=O) groups is 1. The van der Waals surface area contributed by atoms with Gasteiger partial charge in [0.2, 0.25) is 5.91 Å². The number of piperidine rings is 1. The summed E-state index contributed by atoms with van der Waals surface area (Å²) in [6, 6.07) is 0. The minimum atomic E-state index is 0. The van der Waals surface area contributed by atoms with Crippen LogP contribution in [0.15, 0.2) is 0 Å². The summed E-state index contributed by atoms with van der Waals surface area (Å²) in [5, 5.41) is 0. The van der Waals surface area contributed by atoms with Crippen LogP contribution in [0.25, 0.3) is 0 Å². The number of amides is 1. The van der Waals surface area contributed by atoms with Gasteiger partial charge in [-0.3, -0.25) is 4.79 Å². The Labute approximate surface area is 195 Å². The van der Waals surface area contributed by atoms with Gasteiger partial charge in [0.05, 0.1) is 12.2 Å². The number of likely N-dealkylation sites (tertiary alicyclic amines) is 2. The Morgan fingerprint density at radius 1 is 0.968 bits per heavy atom. The Morgan fingerprint density at radius 2 is 1.52 bits per heavy atom. The highest BCUT2D eigenvalue weighted by atomic mass is 16.5. The molecular weight excluding hydrogens is 384 g/mol. The van der Waals surface area contributed by atoms with Crippen LogP contribution in [0, 0.1) is 28.6 Å². The van der Waals surface area contributed by atoms with Crippen molar-refractivity contribution in [3.05, 3.63) is 0 Å². The van der Waals surface area contributed by atoms with Crippen molar-refractivity contribution in [2.24, 2.45) is 28.6 Å². The summed E-state index contributed by atoms with van der Waals surface area (Å²) in [7, 11) is 4.09. The van der Waals surface area contributed by atoms with Crippen LogP contribution in [-0.4, -0.2) is 61.6 Å². The molecule has 4 nitrogen and oxygen atoms in total. The fourth-order valence-electron chi connectivity index (χ4n) is 4.46. The van der Waals surface area contributed by atoms with Crippen LogP contribution < -0.4 is 0 Å². The maximum absolute atomic E-state index is 11.2. The largest absolute Gasteiger partial charge is 0.375 e. The van der Waals surface area contributed by atoms with E-state index < -0.39 is 0 Å². The van der Waals surface area contributed by atoms with E-state index in [1.165, 1.54) is 32.4 Å². The van der Waals surface area contributed by atoms with Gasteiger partial charge in [0.1, 0.15) is 0 Å². The molecule has 1 amide bonds. The number of rotatable bonds is 0. The van der Waals surface area contributed by atoms with Gasteiger partial charge < -0.3 is 14.5 Å². The van der Waals surface area contributed by atoms with Crippen LogP contribution in [-0.2, 0) is 9.53 Å². The fourth-order valence-corrected chi connectivity index (χ4v) is 4.46. The molecule has 0 spiro atoms. The third-order valence-corrected chi connectivity index (χ3v) is 7.06. The van der Waals surface area contributed by atoms with Crippen molar-refractivity contribution in [2.45, 2.75) is 101 Å². The molecule has 3 aliphatic heterocycles. The zero-order valence-electron chi connectivity index (χ0n) is 22.1. The molecule has 3 fully saturated rings. The van der Waals surface area contributed by atoms with Crippen LogP contribution in [0.4, 0.5) is 0 Å². The highest BCUT2D eigenvalue weighted by molar-refractivity contribution is 5.78. The summed E-state index contributed by atoms with van der Waals surface area (Å²) in [4.78, 5) is 15.4. The second kappa shape index (κ2) is 12.0. The van der Waals surface area contributed by atoms with Gasteiger partial charge in [-0.05, 0) is 75.3 Å². The van der Waals surface area contributed by atoms with Crippen molar-refractivity contribution in [3.8, 4) is 0 Å². The molecule has 3 saturated heterocycles. The Bertz CT molecular complexity index is 522. The first-order chi connectivity index (χ1) is 13.5. The van der Waals surface area contributed by atoms with Crippen molar-refractivity contribution in [2.75, 3.05) is 40.3 Å². The van der Waals surface area contributed by atoms with Crippen molar-refractivity contribution < 1.29 is 9.53 Å². The predicted octanol–water partition coefficient (Wildman–Crippen LogP) is 6.34. The van der Waals surface area contributed by atoms with Crippen LogP contribution in [0.2, 0.25) is 0 Å². The molecule has 3 unspecified atom stereocenters. The highest BCUT2D eigenvalue weighted by Crippen LogP contribution is 2.39. The lowest BCUT2D eigenvalue weighted by atomic mass is 9.78. The molecule has 4 heteroatoms. The Hall–Kier alpha value is -0.610. The van der Waals surface area contributed by atoms with E-state index in [9.17, 15) is 4.79 Å². The van der Waals surface area contributed by atoms with Crippen LogP contribution in [0.1, 0.15) is 95.4 Å². The molecule has 3 heterocycles. The Kier molecular flexibility index (Phi) is 11.8. The smallest absolute Gasteiger partial charge is 0.222 e. The molecule has 0 aromatic heterocycles. The van der Waals surface area contributed by atoms with Gasteiger partial charge in [0.15, 0.2) is 0 Å². The second-order valence-corrected chi connectivity index (χ2v) is 12.9. The molecule has 31 heavy (non-hydrogen) atoms. The van der Waals surface area contributed by atoms with Crippen molar-refractivity contribution in [1.29, 1.82) is 0 Å². The summed E-state index contributed by atoms with van der Waals surface area (Å²) in [6.07, 6.45) is 4.78. The zero-order chi connectivity index (χ0) is 23.3. The minimum Gasteiger partial charge on any atom is -0.375 e. The lowest BCUT2D eigenvalue weighted by Gasteiger charge is -2.26. The number of hydrogen-bond acceptors (Lipinski definition) is 3. The number of nitrogens with zero attached hydrogens (tertiary/aromatic N) is 2. The van der Waals surface area contributed by atoms with Gasteiger partial charge in [-0.1, -0.05) is 55.9 Å². The topological polar surface area (TPSA) is 32.8 Å². The van der Waals surface area contributed by atoms with Gasteiger partial charge in [-0.15, -0.1) is 0 Å². The first-order valence-corrected chi connectivity index (χ1v) is 12.1. The third-order valence-electron chi connectivity index (χ3n) is 7.06. The van der Waals surface area contributed by atoms with E-state index in [4.69, 9.17) is 4.74 Å². The lowest BCUT2D eigenvalue weighted by molar-refractivity contribution is -0.126. The third kappa shape index (κ3) is 11.2. The number of hydrogen-bond donors (Lipinski definition) is 0. The predicted molar refractivity (Wildman–Crippen MR) is 135 cm³/mol. The molecule has 0 saturated carbocycles. The van der Waals surface area contributed by atoms with E-state index in [0.717, 1.165) is 31.4 Å². The van der Waals surface area contributed by atoms with E-state index in [2.05, 4.69) is 74.3 Å². The summed E-state index contributed by atoms with van der Waals surface area (Å²) in [6.45, 7) is 24.7. The SMILES string of the molecule is C.CC1(C)CC(C(C)(C)C)CO1.CC1CCCN(C)C1.CN1CC(C(C)(C)C)CC1=O. The van der Waals surface area contributed by atoms with Gasteiger partial charge in [0, 0.05) is 26.6 Å². The van der Waals surface area contributed by atoms with E-state index in [1.54, 1.807) is 0 Å². The summed E-state index contributed by atoms with van der Waals surface area (Å²) in [5.74, 6) is 2.51. The molecule has 0 aromatic rings. The highest BCUT2D eigenvalue weighted by Gasteiger charge is 2.38. The van der Waals surface area contributed by atoms with Gasteiger partial charge in [0.25, 0.3) is 0 Å². The van der Waals surface area contributed by atoms with E-state index in [0.29, 0.717) is 17.2 Å². The standard InChI is InChI=1S/C10H20O.C9H17NO.C7H15N.CH4/c1-9(2,3)8-6-10(4,5)11-7-8;1-9(2,3)7-5-8(11)10(4)6-7;1-7-4-3-5-8(2)6-7;/h8H,6-7H2,1-5H3;7H,5-6H2,1-4H3;7H,3-6H2,1-2H3;1H4. The quantitative estimate of drug-likeness (QED) is 0.440. The maximum atomic E-state index is 11.2. The average molecular weight is 441 g/mol. The lowest BCUT2D eigenvalue weighted by Crippen LogP contribution is -2.30. The first-order valence-electron chi connectivity index (χ1n) is 12.1. The molecule has 0 aliphatic carbocycles. The van der Waals surface area contributed by atoms with Crippen LogP contribution in [0.5, 0.6) is 0 Å². The molecule has 3 rings (SSSR count). The molecule has 3 atom stereocenters. The Balaban J connectivity index is 0.000000434. The molecule has 3 aliphatic rings. The average Bonchev–Trinajstić information content (AvgIpc) is 3.10. The van der Waals surface area contributed by atoms with Crippen LogP contribution in [0.3, 0.4) is 0 Å². The van der Waals surface area contributed by atoms with Crippen molar-refractivity contribution >= 4 is 5.91 Å². The molecule has 0 bridgehead atoms. The van der Waals surface area contributed by atoms with Crippen LogP contribution >= 0.6 is 0 Å². The normalized spacial score (nSPS) is 28.8. The first kappa shape index (κ1) is 30.4. The molecule has 0 aromatic carbocycles. The van der Waals surface area contributed by atoms with Gasteiger partial charge in [-0.2, -0.15) is 0 Å². The van der Waals surface area contributed by atoms with E-state index in [1.807, 2.05) is 11.9 Å². The molecular formula is C27H56N2O2. The van der Waals surface area contributed by atoms with Gasteiger partial charge in [-0.25, -0.2) is 0 Å². The van der Waals surface area contributed by atoms with E-state index >= 15 is 0 Å². The monoisotopic (exact) mass is 440 g/mol. The van der Waals surface area contributed by atoms with E-state index in [-0.39, 0.29) is 18.4 Å². The van der Waals surface area contributed by atoms with Gasteiger partial charge >= 0.3 is 0 Å². The summed E-state index contributed by atoms with van der Waals surface area (Å²) >= 11 is 0. The van der Waals surface area contributed by atoms with Crippen molar-refractivity contribution in [1.82, 2.24) is 9.80 Å². The number of ether oxygens (including phenoxy) is 1.